The van der Waals surface area contributed by atoms with Crippen molar-refractivity contribution in [2.45, 2.75) is 32.4 Å². The van der Waals surface area contributed by atoms with Gasteiger partial charge in [0.1, 0.15) is 11.6 Å². The molecule has 0 bridgehead atoms. The molecule has 3 rings (SSSR count). The molecule has 0 aliphatic rings. The molecule has 138 valence electrons. The Balaban J connectivity index is 1.86. The lowest BCUT2D eigenvalue weighted by Crippen LogP contribution is -2.27. The number of aryl methyl sites for hydroxylation is 1. The van der Waals surface area contributed by atoms with Gasteiger partial charge >= 0.3 is 0 Å². The average Bonchev–Trinajstić information content (AvgIpc) is 2.93. The van der Waals surface area contributed by atoms with Gasteiger partial charge in [-0.05, 0) is 26.8 Å². The van der Waals surface area contributed by atoms with Crippen molar-refractivity contribution >= 4 is 22.8 Å². The van der Waals surface area contributed by atoms with Gasteiger partial charge in [-0.2, -0.15) is 15.1 Å². The van der Waals surface area contributed by atoms with E-state index in [-0.39, 0.29) is 11.4 Å². The smallest absolute Gasteiger partial charge is 0.226 e. The number of nitrogens with zero attached hydrogens (tertiary/aromatic N) is 4. The van der Waals surface area contributed by atoms with Crippen LogP contribution in [0.1, 0.15) is 32.4 Å². The van der Waals surface area contributed by atoms with Crippen molar-refractivity contribution in [1.82, 2.24) is 19.7 Å². The predicted octanol–water partition coefficient (Wildman–Crippen LogP) is 2.82. The number of benzene rings is 1. The van der Waals surface area contributed by atoms with E-state index in [1.54, 1.807) is 29.1 Å². The summed E-state index contributed by atoms with van der Waals surface area (Å²) in [7, 11) is 1.82. The monoisotopic (exact) mass is 357 g/mol. The highest BCUT2D eigenvalue weighted by Gasteiger charge is 2.17. The summed E-state index contributed by atoms with van der Waals surface area (Å²) >= 11 is 0. The third-order valence-corrected chi connectivity index (χ3v) is 3.87. The molecule has 1 atom stereocenters. The second-order valence-electron chi connectivity index (χ2n) is 7.29. The molecule has 0 saturated carbocycles. The van der Waals surface area contributed by atoms with E-state index in [1.165, 1.54) is 6.07 Å². The molecule has 0 saturated heterocycles. The lowest BCUT2D eigenvalue weighted by atomic mass is 10.1. The molecule has 3 aromatic rings. The van der Waals surface area contributed by atoms with Crippen LogP contribution in [0.3, 0.4) is 0 Å². The zero-order valence-corrected chi connectivity index (χ0v) is 15.4. The van der Waals surface area contributed by atoms with Gasteiger partial charge in [0.25, 0.3) is 0 Å². The lowest BCUT2D eigenvalue weighted by molar-refractivity contribution is 0.587. The van der Waals surface area contributed by atoms with E-state index in [4.69, 9.17) is 5.73 Å². The summed E-state index contributed by atoms with van der Waals surface area (Å²) in [5.41, 5.74) is 7.10. The number of halogens is 1. The summed E-state index contributed by atoms with van der Waals surface area (Å²) in [6.07, 6.45) is 1.73. The van der Waals surface area contributed by atoms with E-state index in [2.05, 4.69) is 46.5 Å². The molecule has 8 heteroatoms. The van der Waals surface area contributed by atoms with Crippen molar-refractivity contribution in [3.8, 4) is 0 Å². The van der Waals surface area contributed by atoms with Gasteiger partial charge in [-0.15, -0.1) is 0 Å². The van der Waals surface area contributed by atoms with E-state index in [9.17, 15) is 4.39 Å². The molecule has 0 fully saturated rings. The first-order chi connectivity index (χ1) is 12.2. The Hall–Kier alpha value is -2.74. The van der Waals surface area contributed by atoms with Crippen LogP contribution in [0, 0.1) is 5.82 Å². The summed E-state index contributed by atoms with van der Waals surface area (Å²) in [4.78, 5) is 9.05. The van der Waals surface area contributed by atoms with Crippen LogP contribution >= 0.6 is 0 Å². The molecule has 4 N–H and O–H groups in total. The maximum Gasteiger partial charge on any atom is 0.226 e. The van der Waals surface area contributed by atoms with Crippen LogP contribution < -0.4 is 16.4 Å². The highest BCUT2D eigenvalue weighted by atomic mass is 19.1. The first-order valence-electron chi connectivity index (χ1n) is 8.46. The van der Waals surface area contributed by atoms with Gasteiger partial charge in [0.05, 0.1) is 17.6 Å². The van der Waals surface area contributed by atoms with E-state index in [1.807, 2.05) is 7.05 Å². The molecule has 0 aliphatic carbocycles. The third kappa shape index (κ3) is 3.91. The van der Waals surface area contributed by atoms with Crippen molar-refractivity contribution in [2.24, 2.45) is 12.8 Å². The largest absolute Gasteiger partial charge is 0.365 e. The van der Waals surface area contributed by atoms with E-state index in [0.29, 0.717) is 29.5 Å². The van der Waals surface area contributed by atoms with E-state index >= 15 is 0 Å². The van der Waals surface area contributed by atoms with Gasteiger partial charge in [-0.3, -0.25) is 4.68 Å². The topological polar surface area (TPSA) is 93.7 Å². The van der Waals surface area contributed by atoms with Crippen molar-refractivity contribution in [1.29, 1.82) is 0 Å². The Bertz CT molecular complexity index is 914. The molecular formula is C18H24FN7. The number of fused-ring (bicyclic) bond motifs is 1. The normalized spacial score (nSPS) is 13.0. The third-order valence-electron chi connectivity index (χ3n) is 3.87. The van der Waals surface area contributed by atoms with Crippen LogP contribution in [-0.2, 0) is 7.05 Å². The minimum Gasteiger partial charge on any atom is -0.365 e. The first kappa shape index (κ1) is 18.1. The number of nitrogens with two attached hydrogens (primary N) is 1. The Morgan fingerprint density at radius 3 is 2.65 bits per heavy atom. The SMILES string of the molecule is Cn1ncc2c(NC(C)(C)C)nc(NC[C@H](N)c3ccccc3F)nc21. The van der Waals surface area contributed by atoms with Gasteiger partial charge in [0.15, 0.2) is 5.65 Å². The Morgan fingerprint density at radius 1 is 1.23 bits per heavy atom. The molecular weight excluding hydrogens is 333 g/mol. The van der Waals surface area contributed by atoms with Crippen molar-refractivity contribution in [3.05, 3.63) is 41.8 Å². The number of rotatable bonds is 5. The number of aromatic nitrogens is 4. The van der Waals surface area contributed by atoms with E-state index < -0.39 is 6.04 Å². The van der Waals surface area contributed by atoms with Crippen LogP contribution in [0.25, 0.3) is 11.0 Å². The number of hydrogen-bond acceptors (Lipinski definition) is 6. The molecule has 0 amide bonds. The van der Waals surface area contributed by atoms with Crippen LogP contribution in [-0.4, -0.2) is 31.8 Å². The zero-order chi connectivity index (χ0) is 18.9. The van der Waals surface area contributed by atoms with Crippen LogP contribution in [0.2, 0.25) is 0 Å². The first-order valence-corrected chi connectivity index (χ1v) is 8.46. The Labute approximate surface area is 151 Å². The summed E-state index contributed by atoms with van der Waals surface area (Å²) in [6.45, 7) is 6.47. The van der Waals surface area contributed by atoms with Crippen LogP contribution in [0.5, 0.6) is 0 Å². The van der Waals surface area contributed by atoms with Crippen LogP contribution in [0.4, 0.5) is 16.2 Å². The van der Waals surface area contributed by atoms with Crippen molar-refractivity contribution < 1.29 is 4.39 Å². The number of nitrogens with one attached hydrogen (secondary N) is 2. The van der Waals surface area contributed by atoms with Gasteiger partial charge < -0.3 is 16.4 Å². The number of anilines is 2. The van der Waals surface area contributed by atoms with Crippen molar-refractivity contribution in [3.63, 3.8) is 0 Å². The fourth-order valence-corrected chi connectivity index (χ4v) is 2.64. The van der Waals surface area contributed by atoms with E-state index in [0.717, 1.165) is 5.39 Å². The molecule has 0 unspecified atom stereocenters. The minimum atomic E-state index is -0.513. The summed E-state index contributed by atoms with van der Waals surface area (Å²) in [5, 5.41) is 11.6. The molecule has 0 radical (unpaired) electrons. The molecule has 0 spiro atoms. The summed E-state index contributed by atoms with van der Waals surface area (Å²) < 4.78 is 15.6. The Kier molecular flexibility index (Phi) is 4.78. The van der Waals surface area contributed by atoms with Crippen LogP contribution in [0.15, 0.2) is 30.5 Å². The van der Waals surface area contributed by atoms with Gasteiger partial charge in [-0.25, -0.2) is 4.39 Å². The molecule has 2 aromatic heterocycles. The van der Waals surface area contributed by atoms with Gasteiger partial charge in [0.2, 0.25) is 5.95 Å². The quantitative estimate of drug-likeness (QED) is 0.650. The molecule has 2 heterocycles. The van der Waals surface area contributed by atoms with Gasteiger partial charge in [-0.1, -0.05) is 18.2 Å². The second-order valence-corrected chi connectivity index (χ2v) is 7.29. The fourth-order valence-electron chi connectivity index (χ4n) is 2.64. The maximum absolute atomic E-state index is 13.9. The highest BCUT2D eigenvalue weighted by molar-refractivity contribution is 5.87. The predicted molar refractivity (Wildman–Crippen MR) is 101 cm³/mol. The summed E-state index contributed by atoms with van der Waals surface area (Å²) in [5.74, 6) is 0.789. The van der Waals surface area contributed by atoms with Gasteiger partial charge in [0, 0.05) is 24.7 Å². The number of hydrogen-bond donors (Lipinski definition) is 3. The maximum atomic E-state index is 13.9. The average molecular weight is 357 g/mol. The summed E-state index contributed by atoms with van der Waals surface area (Å²) in [6, 6.07) is 5.98. The molecule has 1 aromatic carbocycles. The van der Waals surface area contributed by atoms with Crippen molar-refractivity contribution in [2.75, 3.05) is 17.2 Å². The standard InChI is InChI=1S/C18H24FN7/c1-18(2,3)25-15-12-9-22-26(4)16(12)24-17(23-15)21-10-14(20)11-7-5-6-8-13(11)19/h5-9,14H,10,20H2,1-4H3,(H2,21,23,24,25)/t14-/m0/s1. The molecule has 7 nitrogen and oxygen atoms in total. The zero-order valence-electron chi connectivity index (χ0n) is 15.4. The Morgan fingerprint density at radius 2 is 1.96 bits per heavy atom. The lowest BCUT2D eigenvalue weighted by Gasteiger charge is -2.22. The fraction of sp³-hybridized carbons (Fsp3) is 0.389. The molecule has 26 heavy (non-hydrogen) atoms. The molecule has 0 aliphatic heterocycles. The minimum absolute atomic E-state index is 0.169. The highest BCUT2D eigenvalue weighted by Crippen LogP contribution is 2.24. The second kappa shape index (κ2) is 6.87.